The van der Waals surface area contributed by atoms with Crippen LogP contribution < -0.4 is 16.0 Å². The number of carbonyl (C=O) groups excluding carboxylic acids is 1. The van der Waals surface area contributed by atoms with E-state index in [4.69, 9.17) is 0 Å². The van der Waals surface area contributed by atoms with Crippen molar-refractivity contribution in [1.82, 2.24) is 16.0 Å². The van der Waals surface area contributed by atoms with Crippen LogP contribution in [0.3, 0.4) is 0 Å². The Morgan fingerprint density at radius 3 is 2.78 bits per heavy atom. The molecule has 1 amide bonds. The lowest BCUT2D eigenvalue weighted by Crippen LogP contribution is -2.37. The van der Waals surface area contributed by atoms with Gasteiger partial charge in [0.2, 0.25) is 5.91 Å². The van der Waals surface area contributed by atoms with Gasteiger partial charge in [0.1, 0.15) is 5.82 Å². The number of hydrogen-bond donors (Lipinski definition) is 3. The normalized spacial score (nSPS) is 14.5. The van der Waals surface area contributed by atoms with Crippen LogP contribution in [0.25, 0.3) is 0 Å². The predicted octanol–water partition coefficient (Wildman–Crippen LogP) is 1.86. The minimum atomic E-state index is -0.200. The van der Waals surface area contributed by atoms with E-state index in [0.717, 1.165) is 24.8 Å². The number of aliphatic imine (C=N–C) groups is 1. The number of halogens is 1. The van der Waals surface area contributed by atoms with E-state index < -0.39 is 0 Å². The number of aryl methyl sites for hydroxylation is 1. The minimum absolute atomic E-state index is 0.118. The van der Waals surface area contributed by atoms with Crippen LogP contribution in [-0.4, -0.2) is 31.5 Å². The van der Waals surface area contributed by atoms with Crippen molar-refractivity contribution in [1.29, 1.82) is 0 Å². The van der Waals surface area contributed by atoms with E-state index in [2.05, 4.69) is 20.9 Å². The second kappa shape index (κ2) is 8.50. The van der Waals surface area contributed by atoms with E-state index in [1.807, 2.05) is 6.07 Å². The Balaban J connectivity index is 1.64. The van der Waals surface area contributed by atoms with Crippen molar-refractivity contribution in [2.45, 2.75) is 45.2 Å². The summed E-state index contributed by atoms with van der Waals surface area (Å²) in [6.07, 6.45) is 3.49. The molecule has 0 spiro atoms. The molecule has 0 saturated heterocycles. The second-order valence-electron chi connectivity index (χ2n) is 5.88. The highest BCUT2D eigenvalue weighted by atomic mass is 19.1. The summed E-state index contributed by atoms with van der Waals surface area (Å²) in [6, 6.07) is 5.60. The van der Waals surface area contributed by atoms with Crippen LogP contribution >= 0.6 is 0 Å². The molecule has 126 valence electrons. The molecule has 1 aliphatic carbocycles. The molecule has 1 aromatic rings. The van der Waals surface area contributed by atoms with Crippen LogP contribution in [-0.2, 0) is 11.3 Å². The fraction of sp³-hybridized carbons (Fsp3) is 0.529. The van der Waals surface area contributed by atoms with Crippen LogP contribution in [0.5, 0.6) is 0 Å². The Bertz CT molecular complexity index is 570. The van der Waals surface area contributed by atoms with Gasteiger partial charge in [-0.2, -0.15) is 0 Å². The lowest BCUT2D eigenvalue weighted by molar-refractivity contribution is -0.121. The topological polar surface area (TPSA) is 65.5 Å². The van der Waals surface area contributed by atoms with E-state index in [9.17, 15) is 9.18 Å². The molecule has 0 aliphatic heterocycles. The van der Waals surface area contributed by atoms with Gasteiger partial charge in [-0.15, -0.1) is 0 Å². The van der Waals surface area contributed by atoms with Gasteiger partial charge in [0.25, 0.3) is 0 Å². The van der Waals surface area contributed by atoms with Gasteiger partial charge >= 0.3 is 0 Å². The van der Waals surface area contributed by atoms with Crippen LogP contribution in [0.4, 0.5) is 4.39 Å². The number of hydrogen-bond acceptors (Lipinski definition) is 2. The van der Waals surface area contributed by atoms with Crippen LogP contribution in [0.2, 0.25) is 0 Å². The highest BCUT2D eigenvalue weighted by Gasteiger charge is 2.22. The van der Waals surface area contributed by atoms with Crippen molar-refractivity contribution >= 4 is 11.9 Å². The Morgan fingerprint density at radius 2 is 2.13 bits per heavy atom. The van der Waals surface area contributed by atoms with Gasteiger partial charge in [-0.3, -0.25) is 9.79 Å². The lowest BCUT2D eigenvalue weighted by atomic mass is 10.1. The summed E-state index contributed by atoms with van der Waals surface area (Å²) in [6.45, 7) is 2.91. The van der Waals surface area contributed by atoms with Crippen molar-refractivity contribution in [2.75, 3.05) is 13.6 Å². The molecule has 0 unspecified atom stereocenters. The minimum Gasteiger partial charge on any atom is -0.356 e. The molecule has 5 nitrogen and oxygen atoms in total. The maximum absolute atomic E-state index is 13.5. The first kappa shape index (κ1) is 17.2. The third kappa shape index (κ3) is 6.26. The largest absolute Gasteiger partial charge is 0.356 e. The molecule has 2 rings (SSSR count). The summed E-state index contributed by atoms with van der Waals surface area (Å²) in [7, 11) is 1.69. The molecule has 1 aliphatic rings. The first-order chi connectivity index (χ1) is 11.1. The highest BCUT2D eigenvalue weighted by Crippen LogP contribution is 2.18. The third-order valence-corrected chi connectivity index (χ3v) is 3.74. The number of carbonyl (C=O) groups is 1. The summed E-state index contributed by atoms with van der Waals surface area (Å²) in [4.78, 5) is 15.7. The summed E-state index contributed by atoms with van der Waals surface area (Å²) in [5.74, 6) is 0.565. The van der Waals surface area contributed by atoms with Gasteiger partial charge in [0.15, 0.2) is 5.96 Å². The Kier molecular flexibility index (Phi) is 6.38. The van der Waals surface area contributed by atoms with Crippen LogP contribution in [0.1, 0.15) is 36.8 Å². The molecular formula is C17H25FN4O. The second-order valence-corrected chi connectivity index (χ2v) is 5.88. The molecule has 0 radical (unpaired) electrons. The molecule has 1 fully saturated rings. The average molecular weight is 320 g/mol. The zero-order chi connectivity index (χ0) is 16.7. The molecular weight excluding hydrogens is 295 g/mol. The van der Waals surface area contributed by atoms with Gasteiger partial charge in [-0.1, -0.05) is 12.1 Å². The molecule has 1 saturated carbocycles. The maximum Gasteiger partial charge on any atom is 0.220 e. The summed E-state index contributed by atoms with van der Waals surface area (Å²) in [5, 5.41) is 9.25. The molecule has 0 atom stereocenters. The van der Waals surface area contributed by atoms with Gasteiger partial charge < -0.3 is 16.0 Å². The Labute approximate surface area is 136 Å². The van der Waals surface area contributed by atoms with E-state index in [1.165, 1.54) is 6.07 Å². The molecule has 0 aromatic heterocycles. The molecule has 23 heavy (non-hydrogen) atoms. The molecule has 3 N–H and O–H groups in total. The Morgan fingerprint density at radius 1 is 1.35 bits per heavy atom. The maximum atomic E-state index is 13.5. The van der Waals surface area contributed by atoms with Crippen LogP contribution in [0.15, 0.2) is 23.2 Å². The van der Waals surface area contributed by atoms with E-state index >= 15 is 0 Å². The van der Waals surface area contributed by atoms with Gasteiger partial charge in [-0.25, -0.2) is 4.39 Å². The summed E-state index contributed by atoms with van der Waals surface area (Å²) in [5.41, 5.74) is 1.50. The van der Waals surface area contributed by atoms with E-state index in [0.29, 0.717) is 37.1 Å². The summed E-state index contributed by atoms with van der Waals surface area (Å²) < 4.78 is 13.5. The van der Waals surface area contributed by atoms with E-state index in [-0.39, 0.29) is 11.7 Å². The SMILES string of the molecule is CN=C(NCCCC(=O)NC1CC1)NCc1ccc(C)c(F)c1. The number of nitrogens with zero attached hydrogens (tertiary/aromatic N) is 1. The van der Waals surface area contributed by atoms with Crippen molar-refractivity contribution in [3.05, 3.63) is 35.1 Å². The fourth-order valence-electron chi connectivity index (χ4n) is 2.14. The Hall–Kier alpha value is -2.11. The molecule has 0 bridgehead atoms. The van der Waals surface area contributed by atoms with E-state index in [1.54, 1.807) is 20.0 Å². The zero-order valence-electron chi connectivity index (χ0n) is 13.8. The monoisotopic (exact) mass is 320 g/mol. The highest BCUT2D eigenvalue weighted by molar-refractivity contribution is 5.80. The third-order valence-electron chi connectivity index (χ3n) is 3.74. The summed E-state index contributed by atoms with van der Waals surface area (Å²) >= 11 is 0. The molecule has 6 heteroatoms. The number of guanidine groups is 1. The number of benzene rings is 1. The number of rotatable bonds is 7. The van der Waals surface area contributed by atoms with Gasteiger partial charge in [0, 0.05) is 32.6 Å². The van der Waals surface area contributed by atoms with Gasteiger partial charge in [-0.05, 0) is 43.4 Å². The van der Waals surface area contributed by atoms with Crippen molar-refractivity contribution in [3.63, 3.8) is 0 Å². The zero-order valence-corrected chi connectivity index (χ0v) is 13.8. The lowest BCUT2D eigenvalue weighted by Gasteiger charge is -2.12. The van der Waals surface area contributed by atoms with Crippen molar-refractivity contribution in [2.24, 2.45) is 4.99 Å². The smallest absolute Gasteiger partial charge is 0.220 e. The molecule has 0 heterocycles. The quantitative estimate of drug-likeness (QED) is 0.408. The first-order valence-corrected chi connectivity index (χ1v) is 8.07. The predicted molar refractivity (Wildman–Crippen MR) is 89.7 cm³/mol. The fourth-order valence-corrected chi connectivity index (χ4v) is 2.14. The van der Waals surface area contributed by atoms with Crippen molar-refractivity contribution in [3.8, 4) is 0 Å². The van der Waals surface area contributed by atoms with Crippen molar-refractivity contribution < 1.29 is 9.18 Å². The van der Waals surface area contributed by atoms with Crippen LogP contribution in [0, 0.1) is 12.7 Å². The number of amides is 1. The average Bonchev–Trinajstić information content (AvgIpc) is 3.34. The number of nitrogens with one attached hydrogen (secondary N) is 3. The molecule has 1 aromatic carbocycles. The standard InChI is InChI=1S/C17H25FN4O/c1-12-5-6-13(10-15(12)18)11-21-17(19-2)20-9-3-4-16(23)22-14-7-8-14/h5-6,10,14H,3-4,7-9,11H2,1-2H3,(H,22,23)(H2,19,20,21). The first-order valence-electron chi connectivity index (χ1n) is 8.07. The van der Waals surface area contributed by atoms with Gasteiger partial charge in [0.05, 0.1) is 0 Å².